The number of nitrogens with zero attached hydrogens (tertiary/aromatic N) is 3. The number of carbonyl (C=O) groups excluding carboxylic acids is 1. The van der Waals surface area contributed by atoms with Gasteiger partial charge in [0.15, 0.2) is 0 Å². The van der Waals surface area contributed by atoms with Crippen molar-refractivity contribution in [2.45, 2.75) is 37.8 Å². The molecule has 0 fully saturated rings. The highest BCUT2D eigenvalue weighted by molar-refractivity contribution is 7.89. The van der Waals surface area contributed by atoms with E-state index < -0.39 is 22.2 Å². The third-order valence-corrected chi connectivity index (χ3v) is 8.00. The summed E-state index contributed by atoms with van der Waals surface area (Å²) in [6.07, 6.45) is -0.470. The third kappa shape index (κ3) is 5.19. The molecule has 3 atom stereocenters. The molecule has 9 heteroatoms. The number of aliphatic hydroxyl groups excluding tert-OH is 1. The number of carbonyl (C=O) groups is 1. The second-order valence-electron chi connectivity index (χ2n) is 8.49. The largest absolute Gasteiger partial charge is 0.487 e. The van der Waals surface area contributed by atoms with E-state index in [0.717, 1.165) is 5.56 Å². The van der Waals surface area contributed by atoms with Crippen molar-refractivity contribution in [2.75, 3.05) is 26.7 Å². The predicted octanol–water partition coefficient (Wildman–Crippen LogP) is 2.47. The lowest BCUT2D eigenvalue weighted by atomic mass is 10.0. The van der Waals surface area contributed by atoms with E-state index in [-0.39, 0.29) is 42.2 Å². The average Bonchev–Trinajstić information content (AvgIpc) is 2.80. The smallest absolute Gasteiger partial charge is 0.247 e. The second kappa shape index (κ2) is 9.91. The molecule has 0 saturated heterocycles. The van der Waals surface area contributed by atoms with Crippen LogP contribution in [-0.2, 0) is 14.8 Å². The van der Waals surface area contributed by atoms with E-state index in [1.165, 1.54) is 22.2 Å². The third-order valence-electron chi connectivity index (χ3n) is 5.98. The van der Waals surface area contributed by atoms with Crippen molar-refractivity contribution in [1.29, 1.82) is 5.26 Å². The van der Waals surface area contributed by atoms with Crippen LogP contribution < -0.4 is 4.74 Å². The molecule has 0 bridgehead atoms. The summed E-state index contributed by atoms with van der Waals surface area (Å²) in [6, 6.07) is 13.3. The maximum atomic E-state index is 13.5. The van der Waals surface area contributed by atoms with E-state index in [1.54, 1.807) is 44.3 Å². The molecule has 0 saturated carbocycles. The van der Waals surface area contributed by atoms with Gasteiger partial charge in [0, 0.05) is 32.5 Å². The number of amides is 1. The molecule has 1 aliphatic heterocycles. The van der Waals surface area contributed by atoms with Crippen LogP contribution in [0.15, 0.2) is 47.4 Å². The molecule has 176 valence electrons. The van der Waals surface area contributed by atoms with Gasteiger partial charge in [-0.3, -0.25) is 4.79 Å². The first-order valence-electron chi connectivity index (χ1n) is 10.7. The molecule has 2 aromatic rings. The van der Waals surface area contributed by atoms with Crippen LogP contribution in [-0.4, -0.2) is 67.5 Å². The van der Waals surface area contributed by atoms with E-state index >= 15 is 0 Å². The summed E-state index contributed by atoms with van der Waals surface area (Å²) in [4.78, 5) is 13.4. The van der Waals surface area contributed by atoms with Gasteiger partial charge in [-0.1, -0.05) is 25.1 Å². The van der Waals surface area contributed by atoms with Gasteiger partial charge in [-0.2, -0.15) is 9.57 Å². The Morgan fingerprint density at radius 2 is 2.00 bits per heavy atom. The maximum absolute atomic E-state index is 13.5. The van der Waals surface area contributed by atoms with E-state index in [4.69, 9.17) is 4.74 Å². The quantitative estimate of drug-likeness (QED) is 0.717. The van der Waals surface area contributed by atoms with Crippen LogP contribution in [0.25, 0.3) is 11.1 Å². The number of benzene rings is 2. The van der Waals surface area contributed by atoms with Crippen LogP contribution in [0.3, 0.4) is 0 Å². The van der Waals surface area contributed by atoms with Crippen LogP contribution in [0.2, 0.25) is 0 Å². The molecule has 1 amide bonds. The molecule has 0 unspecified atom stereocenters. The number of ether oxygens (including phenoxy) is 1. The lowest BCUT2D eigenvalue weighted by Gasteiger charge is -2.37. The Hall–Kier alpha value is -2.93. The predicted molar refractivity (Wildman–Crippen MR) is 124 cm³/mol. The Morgan fingerprint density at radius 1 is 1.30 bits per heavy atom. The number of aliphatic hydroxyl groups is 1. The van der Waals surface area contributed by atoms with Gasteiger partial charge in [0.2, 0.25) is 15.9 Å². The molecular formula is C24H29N3O5S. The minimum atomic E-state index is -3.95. The van der Waals surface area contributed by atoms with Gasteiger partial charge >= 0.3 is 0 Å². The Bertz CT molecular complexity index is 1170. The Balaban J connectivity index is 2.15. The van der Waals surface area contributed by atoms with Gasteiger partial charge in [-0.15, -0.1) is 0 Å². The van der Waals surface area contributed by atoms with E-state index in [2.05, 4.69) is 6.07 Å². The Labute approximate surface area is 195 Å². The number of hydrogen-bond donors (Lipinski definition) is 1. The summed E-state index contributed by atoms with van der Waals surface area (Å²) in [7, 11) is -2.28. The standard InChI is InChI=1S/C24H29N3O5S/c1-16-13-27(17(2)15-28)33(30,31)24-9-8-21(20-7-5-6-19(10-20)12-25)11-22(24)32-23(16)14-26(4)18(3)29/h5-11,16-17,23,28H,13-15H2,1-4H3/t16-,17+,23-/m0/s1. The van der Waals surface area contributed by atoms with Gasteiger partial charge in [0.25, 0.3) is 0 Å². The van der Waals surface area contributed by atoms with E-state index in [0.29, 0.717) is 11.1 Å². The molecular weight excluding hydrogens is 442 g/mol. The number of nitriles is 1. The topological polar surface area (TPSA) is 111 Å². The Morgan fingerprint density at radius 3 is 2.64 bits per heavy atom. The molecule has 1 aliphatic rings. The summed E-state index contributed by atoms with van der Waals surface area (Å²) < 4.78 is 34.6. The van der Waals surface area contributed by atoms with Crippen LogP contribution in [0.4, 0.5) is 0 Å². The van der Waals surface area contributed by atoms with Crippen LogP contribution in [0, 0.1) is 17.2 Å². The van der Waals surface area contributed by atoms with Crippen molar-refractivity contribution in [3.63, 3.8) is 0 Å². The van der Waals surface area contributed by atoms with Crippen molar-refractivity contribution in [3.05, 3.63) is 48.0 Å². The zero-order valence-electron chi connectivity index (χ0n) is 19.2. The molecule has 1 heterocycles. The number of fused-ring (bicyclic) bond motifs is 1. The summed E-state index contributed by atoms with van der Waals surface area (Å²) in [6.45, 7) is 5.10. The normalized spacial score (nSPS) is 21.0. The highest BCUT2D eigenvalue weighted by atomic mass is 32.2. The average molecular weight is 472 g/mol. The molecule has 0 aromatic heterocycles. The summed E-state index contributed by atoms with van der Waals surface area (Å²) in [5.74, 6) is -0.198. The minimum absolute atomic E-state index is 0.00497. The van der Waals surface area contributed by atoms with Gasteiger partial charge in [0.1, 0.15) is 16.7 Å². The molecule has 0 aliphatic carbocycles. The van der Waals surface area contributed by atoms with Crippen molar-refractivity contribution in [2.24, 2.45) is 5.92 Å². The summed E-state index contributed by atoms with van der Waals surface area (Å²) >= 11 is 0. The number of likely N-dealkylation sites (N-methyl/N-ethyl adjacent to an activating group) is 1. The van der Waals surface area contributed by atoms with Gasteiger partial charge < -0.3 is 14.7 Å². The van der Waals surface area contributed by atoms with E-state index in [1.807, 2.05) is 13.0 Å². The Kier molecular flexibility index (Phi) is 7.42. The molecule has 0 spiro atoms. The first-order chi connectivity index (χ1) is 15.6. The maximum Gasteiger partial charge on any atom is 0.247 e. The van der Waals surface area contributed by atoms with Crippen molar-refractivity contribution in [3.8, 4) is 22.9 Å². The first-order valence-corrected chi connectivity index (χ1v) is 12.2. The molecule has 2 aromatic carbocycles. The second-order valence-corrected chi connectivity index (χ2v) is 10.4. The van der Waals surface area contributed by atoms with Crippen LogP contribution >= 0.6 is 0 Å². The number of sulfonamides is 1. The number of rotatable bonds is 5. The SMILES string of the molecule is CC(=O)N(C)C[C@@H]1Oc2cc(-c3cccc(C#N)c3)ccc2S(=O)(=O)N([C@H](C)CO)C[C@@H]1C. The van der Waals surface area contributed by atoms with Crippen molar-refractivity contribution < 1.29 is 23.1 Å². The van der Waals surface area contributed by atoms with Gasteiger partial charge in [0.05, 0.1) is 24.8 Å². The fraction of sp³-hybridized carbons (Fsp3) is 0.417. The van der Waals surface area contributed by atoms with Crippen LogP contribution in [0.1, 0.15) is 26.3 Å². The summed E-state index contributed by atoms with van der Waals surface area (Å²) in [5.41, 5.74) is 1.95. The molecule has 1 N–H and O–H groups in total. The zero-order chi connectivity index (χ0) is 24.3. The number of hydrogen-bond acceptors (Lipinski definition) is 6. The minimum Gasteiger partial charge on any atom is -0.487 e. The highest BCUT2D eigenvalue weighted by Gasteiger charge is 2.38. The zero-order valence-corrected chi connectivity index (χ0v) is 20.0. The highest BCUT2D eigenvalue weighted by Crippen LogP contribution is 2.36. The lowest BCUT2D eigenvalue weighted by Crippen LogP contribution is -2.50. The summed E-state index contributed by atoms with van der Waals surface area (Å²) in [5, 5.41) is 18.9. The van der Waals surface area contributed by atoms with Crippen molar-refractivity contribution in [1.82, 2.24) is 9.21 Å². The van der Waals surface area contributed by atoms with Gasteiger partial charge in [-0.05, 0) is 42.3 Å². The first kappa shape index (κ1) is 24.7. The van der Waals surface area contributed by atoms with E-state index in [9.17, 15) is 23.6 Å². The lowest BCUT2D eigenvalue weighted by molar-refractivity contribution is -0.129. The molecule has 0 radical (unpaired) electrons. The van der Waals surface area contributed by atoms with Gasteiger partial charge in [-0.25, -0.2) is 8.42 Å². The monoisotopic (exact) mass is 471 g/mol. The molecule has 3 rings (SSSR count). The fourth-order valence-corrected chi connectivity index (χ4v) is 5.62. The van der Waals surface area contributed by atoms with Crippen LogP contribution in [0.5, 0.6) is 5.75 Å². The fourth-order valence-electron chi connectivity index (χ4n) is 3.79. The van der Waals surface area contributed by atoms with Crippen molar-refractivity contribution >= 4 is 15.9 Å². The molecule has 8 nitrogen and oxygen atoms in total. The molecule has 33 heavy (non-hydrogen) atoms.